The van der Waals surface area contributed by atoms with E-state index in [0.29, 0.717) is 6.98 Å². The summed E-state index contributed by atoms with van der Waals surface area (Å²) in [6.07, 6.45) is 4.46. The number of rotatable bonds is 3. The number of hydrogen-bond acceptors (Lipinski definition) is 2. The van der Waals surface area contributed by atoms with Gasteiger partial charge >= 0.3 is 99.2 Å². The molecule has 1 fully saturated rings. The SMILES string of the molecule is CN1CCN(C)B1C=CC=[CH][Sn]([CH3])([CH3])[CH3]. The topological polar surface area (TPSA) is 6.48 Å². The Morgan fingerprint density at radius 1 is 1.00 bits per heavy atom. The van der Waals surface area contributed by atoms with Crippen molar-refractivity contribution >= 4 is 25.4 Å². The summed E-state index contributed by atoms with van der Waals surface area (Å²) < 4.78 is 2.44. The van der Waals surface area contributed by atoms with E-state index in [1.54, 1.807) is 0 Å². The van der Waals surface area contributed by atoms with E-state index >= 15 is 0 Å². The molecule has 84 valence electrons. The minimum atomic E-state index is -1.69. The van der Waals surface area contributed by atoms with Crippen LogP contribution in [0.15, 0.2) is 22.2 Å². The van der Waals surface area contributed by atoms with Crippen molar-refractivity contribution in [1.29, 1.82) is 0 Å². The second kappa shape index (κ2) is 5.55. The number of nitrogens with zero attached hydrogens (tertiary/aromatic N) is 2. The molecular formula is C11H23BN2Sn. The van der Waals surface area contributed by atoms with Gasteiger partial charge in [-0.15, -0.1) is 0 Å². The van der Waals surface area contributed by atoms with E-state index in [9.17, 15) is 0 Å². The second-order valence-electron chi connectivity index (χ2n) is 5.48. The fourth-order valence-corrected chi connectivity index (χ4v) is 3.68. The molecule has 0 amide bonds. The molecule has 0 atom stereocenters. The van der Waals surface area contributed by atoms with Gasteiger partial charge in [0.05, 0.1) is 0 Å². The summed E-state index contributed by atoms with van der Waals surface area (Å²) in [5, 5.41) is 0. The molecule has 0 N–H and O–H groups in total. The summed E-state index contributed by atoms with van der Waals surface area (Å²) in [7, 11) is 4.37. The van der Waals surface area contributed by atoms with Crippen LogP contribution in [-0.4, -0.2) is 62.2 Å². The molecule has 1 aliphatic heterocycles. The van der Waals surface area contributed by atoms with Gasteiger partial charge in [0.2, 0.25) is 0 Å². The van der Waals surface area contributed by atoms with E-state index in [2.05, 4.69) is 60.8 Å². The van der Waals surface area contributed by atoms with Crippen molar-refractivity contribution in [3.63, 3.8) is 0 Å². The Morgan fingerprint density at radius 2 is 1.53 bits per heavy atom. The first-order chi connectivity index (χ1) is 6.90. The normalized spacial score (nSPS) is 21.3. The zero-order valence-electron chi connectivity index (χ0n) is 10.7. The molecule has 2 nitrogen and oxygen atoms in total. The maximum absolute atomic E-state index is 2.44. The van der Waals surface area contributed by atoms with E-state index in [1.807, 2.05) is 0 Å². The van der Waals surface area contributed by atoms with Gasteiger partial charge in [-0.05, 0) is 0 Å². The van der Waals surface area contributed by atoms with Gasteiger partial charge in [0, 0.05) is 0 Å². The van der Waals surface area contributed by atoms with Crippen LogP contribution < -0.4 is 0 Å². The Kier molecular flexibility index (Phi) is 4.93. The molecule has 15 heavy (non-hydrogen) atoms. The molecule has 0 aromatic heterocycles. The van der Waals surface area contributed by atoms with E-state index in [-0.39, 0.29) is 0 Å². The Labute approximate surface area is 99.0 Å². The Morgan fingerprint density at radius 3 is 2.00 bits per heavy atom. The van der Waals surface area contributed by atoms with Crippen LogP contribution in [0.4, 0.5) is 0 Å². The summed E-state index contributed by atoms with van der Waals surface area (Å²) in [6.45, 7) is 2.84. The second-order valence-corrected chi connectivity index (χ2v) is 19.9. The van der Waals surface area contributed by atoms with Gasteiger partial charge in [-0.1, -0.05) is 0 Å². The molecule has 0 aliphatic carbocycles. The van der Waals surface area contributed by atoms with Crippen LogP contribution in [0, 0.1) is 0 Å². The third-order valence-electron chi connectivity index (χ3n) is 2.70. The molecule has 0 radical (unpaired) electrons. The van der Waals surface area contributed by atoms with Gasteiger partial charge in [0.1, 0.15) is 0 Å². The predicted molar refractivity (Wildman–Crippen MR) is 72.6 cm³/mol. The van der Waals surface area contributed by atoms with E-state index in [1.165, 1.54) is 13.1 Å². The van der Waals surface area contributed by atoms with Gasteiger partial charge in [-0.25, -0.2) is 0 Å². The van der Waals surface area contributed by atoms with Gasteiger partial charge in [-0.3, -0.25) is 0 Å². The molecule has 1 rings (SSSR count). The van der Waals surface area contributed by atoms with Gasteiger partial charge < -0.3 is 0 Å². The quantitative estimate of drug-likeness (QED) is 0.580. The van der Waals surface area contributed by atoms with Crippen LogP contribution in [0.5, 0.6) is 0 Å². The summed E-state index contributed by atoms with van der Waals surface area (Å²) in [4.78, 5) is 12.0. The van der Waals surface area contributed by atoms with Crippen molar-refractivity contribution in [2.24, 2.45) is 0 Å². The molecule has 0 unspecified atom stereocenters. The summed E-state index contributed by atoms with van der Waals surface area (Å²) >= 11 is -1.69. The van der Waals surface area contributed by atoms with Gasteiger partial charge in [0.15, 0.2) is 0 Å². The van der Waals surface area contributed by atoms with E-state index in [0.717, 1.165) is 0 Å². The zero-order valence-corrected chi connectivity index (χ0v) is 13.5. The molecule has 4 heteroatoms. The third kappa shape index (κ3) is 4.74. The average molecular weight is 313 g/mol. The van der Waals surface area contributed by atoms with Crippen LogP contribution in [-0.2, 0) is 0 Å². The molecule has 1 saturated heterocycles. The first kappa shape index (κ1) is 13.3. The molecule has 0 aromatic carbocycles. The van der Waals surface area contributed by atoms with Crippen LogP contribution in [0.3, 0.4) is 0 Å². The molecule has 1 aliphatic rings. The standard InChI is InChI=1S/C8H14BN2.3CH3.Sn/c1-4-5-6-9-10(2)7-8-11(9)3;;;;/h1,4-6H,7-8H2,2-3H3;3*1H3;. The Balaban J connectivity index is 2.47. The van der Waals surface area contributed by atoms with Crippen LogP contribution in [0.25, 0.3) is 0 Å². The molecular weight excluding hydrogens is 290 g/mol. The van der Waals surface area contributed by atoms with E-state index < -0.39 is 18.4 Å². The van der Waals surface area contributed by atoms with Crippen molar-refractivity contribution in [3.8, 4) is 0 Å². The Hall–Kier alpha value is 0.264. The summed E-state index contributed by atoms with van der Waals surface area (Å²) in [6, 6.07) is 0. The minimum absolute atomic E-state index is 0.491. The van der Waals surface area contributed by atoms with Crippen LogP contribution >= 0.6 is 0 Å². The molecule has 1 heterocycles. The first-order valence-electron chi connectivity index (χ1n) is 5.67. The monoisotopic (exact) mass is 314 g/mol. The molecule has 0 spiro atoms. The van der Waals surface area contributed by atoms with E-state index in [4.69, 9.17) is 0 Å². The zero-order chi connectivity index (χ0) is 11.5. The van der Waals surface area contributed by atoms with Crippen molar-refractivity contribution < 1.29 is 0 Å². The fourth-order valence-electron chi connectivity index (χ4n) is 1.72. The Bertz CT molecular complexity index is 248. The van der Waals surface area contributed by atoms with Gasteiger partial charge in [-0.2, -0.15) is 0 Å². The molecule has 0 aromatic rings. The number of likely N-dealkylation sites (N-methyl/N-ethyl adjacent to an activating group) is 2. The third-order valence-corrected chi connectivity index (χ3v) is 6.10. The first-order valence-corrected chi connectivity index (χ1v) is 15.9. The molecule has 0 bridgehead atoms. The summed E-state index contributed by atoms with van der Waals surface area (Å²) in [5.41, 5.74) is 0. The number of allylic oxidation sites excluding steroid dienone is 2. The predicted octanol–water partition coefficient (Wildman–Crippen LogP) is 1.88. The van der Waals surface area contributed by atoms with Crippen molar-refractivity contribution in [1.82, 2.24) is 9.62 Å². The van der Waals surface area contributed by atoms with Crippen molar-refractivity contribution in [2.45, 2.75) is 14.8 Å². The van der Waals surface area contributed by atoms with Gasteiger partial charge in [0.25, 0.3) is 0 Å². The van der Waals surface area contributed by atoms with Crippen molar-refractivity contribution in [2.75, 3.05) is 27.2 Å². The maximum atomic E-state index is 2.44. The van der Waals surface area contributed by atoms with Crippen LogP contribution in [0.2, 0.25) is 14.8 Å². The fraction of sp³-hybridized carbons (Fsp3) is 0.636. The molecule has 0 saturated carbocycles. The van der Waals surface area contributed by atoms with Crippen LogP contribution in [0.1, 0.15) is 0 Å². The number of hydrogen-bond donors (Lipinski definition) is 0. The summed E-state index contributed by atoms with van der Waals surface area (Å²) in [5.74, 6) is 2.29. The average Bonchev–Trinajstić information content (AvgIpc) is 2.40. The van der Waals surface area contributed by atoms with Crippen molar-refractivity contribution in [3.05, 3.63) is 22.2 Å².